The van der Waals surface area contributed by atoms with Gasteiger partial charge in [0.1, 0.15) is 5.75 Å². The van der Waals surface area contributed by atoms with Crippen LogP contribution in [0.4, 0.5) is 0 Å². The van der Waals surface area contributed by atoms with E-state index in [1.54, 1.807) is 13.2 Å². The number of Topliss-reactive ketones (excluding diaryl/α,β-unsaturated/α-hetero) is 1. The number of ketones is 1. The fourth-order valence-corrected chi connectivity index (χ4v) is 3.93. The first kappa shape index (κ1) is 22.3. The molecule has 0 N–H and O–H groups in total. The number of aromatic nitrogens is 1. The fourth-order valence-electron chi connectivity index (χ4n) is 3.30. The Kier molecular flexibility index (Phi) is 6.31. The molecule has 8 heteroatoms. The molecule has 0 fully saturated rings. The predicted octanol–water partition coefficient (Wildman–Crippen LogP) is 3.55. The van der Waals surface area contributed by atoms with Crippen LogP contribution in [-0.4, -0.2) is 44.7 Å². The molecule has 0 aliphatic rings. The summed E-state index contributed by atoms with van der Waals surface area (Å²) >= 11 is 0. The maximum Gasteiger partial charge on any atom is 0.338 e. The highest BCUT2D eigenvalue weighted by atomic mass is 32.2. The van der Waals surface area contributed by atoms with Gasteiger partial charge in [0.25, 0.3) is 0 Å². The van der Waals surface area contributed by atoms with Gasteiger partial charge in [-0.2, -0.15) is 0 Å². The highest BCUT2D eigenvalue weighted by Gasteiger charge is 2.19. The van der Waals surface area contributed by atoms with E-state index in [9.17, 15) is 18.0 Å². The maximum atomic E-state index is 12.7. The summed E-state index contributed by atoms with van der Waals surface area (Å²) < 4.78 is 35.3. The molecule has 1 heterocycles. The van der Waals surface area contributed by atoms with E-state index in [1.165, 1.54) is 24.3 Å². The van der Waals surface area contributed by atoms with Crippen molar-refractivity contribution in [3.05, 3.63) is 77.1 Å². The van der Waals surface area contributed by atoms with Gasteiger partial charge in [0.05, 0.1) is 17.6 Å². The van der Waals surface area contributed by atoms with E-state index in [0.29, 0.717) is 5.56 Å². The molecule has 0 unspecified atom stereocenters. The third-order valence-electron chi connectivity index (χ3n) is 4.91. The van der Waals surface area contributed by atoms with E-state index in [-0.39, 0.29) is 16.2 Å². The quantitative estimate of drug-likeness (QED) is 0.411. The third kappa shape index (κ3) is 4.86. The second kappa shape index (κ2) is 8.77. The molecular formula is C23H23NO6S. The number of nitrogens with zero attached hydrogens (tertiary/aromatic N) is 1. The van der Waals surface area contributed by atoms with E-state index in [4.69, 9.17) is 9.47 Å². The highest BCUT2D eigenvalue weighted by Crippen LogP contribution is 2.23. The van der Waals surface area contributed by atoms with Crippen LogP contribution in [0.3, 0.4) is 0 Å². The van der Waals surface area contributed by atoms with E-state index in [1.807, 2.05) is 42.7 Å². The molecule has 0 saturated heterocycles. The van der Waals surface area contributed by atoms with Crippen molar-refractivity contribution in [3.8, 4) is 11.4 Å². The normalized spacial score (nSPS) is 11.2. The average Bonchev–Trinajstić information content (AvgIpc) is 3.05. The Hall–Kier alpha value is -3.39. The number of sulfone groups is 1. The lowest BCUT2D eigenvalue weighted by atomic mass is 10.1. The first-order chi connectivity index (χ1) is 14.6. The van der Waals surface area contributed by atoms with Crippen LogP contribution in [0.1, 0.15) is 32.1 Å². The molecule has 31 heavy (non-hydrogen) atoms. The molecule has 3 aromatic rings. The van der Waals surface area contributed by atoms with Crippen LogP contribution in [0.15, 0.2) is 59.5 Å². The minimum absolute atomic E-state index is 0.103. The van der Waals surface area contributed by atoms with E-state index in [2.05, 4.69) is 0 Å². The number of aryl methyl sites for hydroxylation is 1. The summed E-state index contributed by atoms with van der Waals surface area (Å²) in [7, 11) is -1.76. The Morgan fingerprint density at radius 3 is 2.13 bits per heavy atom. The molecule has 0 atom stereocenters. The Morgan fingerprint density at radius 2 is 1.58 bits per heavy atom. The number of ether oxygens (including phenoxy) is 2. The Bertz CT molecular complexity index is 1220. The molecule has 3 rings (SSSR count). The summed E-state index contributed by atoms with van der Waals surface area (Å²) in [4.78, 5) is 25.0. The van der Waals surface area contributed by atoms with Gasteiger partial charge in [0.15, 0.2) is 16.4 Å². The molecule has 162 valence electrons. The highest BCUT2D eigenvalue weighted by molar-refractivity contribution is 7.90. The summed E-state index contributed by atoms with van der Waals surface area (Å²) in [6, 6.07) is 14.6. The topological polar surface area (TPSA) is 91.7 Å². The standard InChI is InChI=1S/C23H23NO6S/c1-15-13-21(16(2)24(15)18-7-9-19(29-3)10-8-18)22(25)14-30-23(26)17-5-11-20(12-6-17)31(4,27)28/h5-13H,14H2,1-4H3. The maximum absolute atomic E-state index is 12.7. The van der Waals surface area contributed by atoms with Gasteiger partial charge in [0.2, 0.25) is 5.78 Å². The number of carbonyl (C=O) groups excluding carboxylic acids is 2. The van der Waals surface area contributed by atoms with Gasteiger partial charge in [-0.1, -0.05) is 0 Å². The van der Waals surface area contributed by atoms with Gasteiger partial charge in [-0.3, -0.25) is 4.79 Å². The summed E-state index contributed by atoms with van der Waals surface area (Å²) in [5, 5.41) is 0. The smallest absolute Gasteiger partial charge is 0.338 e. The molecule has 2 aromatic carbocycles. The minimum Gasteiger partial charge on any atom is -0.497 e. The lowest BCUT2D eigenvalue weighted by Crippen LogP contribution is -2.15. The van der Waals surface area contributed by atoms with E-state index < -0.39 is 22.4 Å². The summed E-state index contributed by atoms with van der Waals surface area (Å²) in [5.41, 5.74) is 3.13. The molecule has 0 radical (unpaired) electrons. The molecule has 0 saturated carbocycles. The van der Waals surface area contributed by atoms with Crippen LogP contribution in [0.5, 0.6) is 5.75 Å². The SMILES string of the molecule is COc1ccc(-n2c(C)cc(C(=O)COC(=O)c3ccc(S(C)(=O)=O)cc3)c2C)cc1. The number of hydrogen-bond acceptors (Lipinski definition) is 6. The van der Waals surface area contributed by atoms with Crippen molar-refractivity contribution in [3.63, 3.8) is 0 Å². The van der Waals surface area contributed by atoms with Gasteiger partial charge in [-0.25, -0.2) is 13.2 Å². The summed E-state index contributed by atoms with van der Waals surface area (Å²) in [5.74, 6) is -0.287. The number of carbonyl (C=O) groups is 2. The zero-order valence-corrected chi connectivity index (χ0v) is 18.5. The monoisotopic (exact) mass is 441 g/mol. The molecular weight excluding hydrogens is 418 g/mol. The Labute approximate surface area is 181 Å². The Balaban J connectivity index is 1.73. The van der Waals surface area contributed by atoms with Crippen molar-refractivity contribution >= 4 is 21.6 Å². The predicted molar refractivity (Wildman–Crippen MR) is 116 cm³/mol. The van der Waals surface area contributed by atoms with Crippen LogP contribution in [0, 0.1) is 13.8 Å². The van der Waals surface area contributed by atoms with Crippen LogP contribution in [0.25, 0.3) is 5.69 Å². The minimum atomic E-state index is -3.36. The number of rotatable bonds is 7. The lowest BCUT2D eigenvalue weighted by Gasteiger charge is -2.11. The van der Waals surface area contributed by atoms with E-state index >= 15 is 0 Å². The van der Waals surface area contributed by atoms with Crippen LogP contribution >= 0.6 is 0 Å². The first-order valence-electron chi connectivity index (χ1n) is 9.45. The van der Waals surface area contributed by atoms with Crippen LogP contribution < -0.4 is 4.74 Å². The van der Waals surface area contributed by atoms with Crippen molar-refractivity contribution in [1.29, 1.82) is 0 Å². The van der Waals surface area contributed by atoms with Crippen molar-refractivity contribution < 1.29 is 27.5 Å². The van der Waals surface area contributed by atoms with Crippen molar-refractivity contribution in [2.75, 3.05) is 20.0 Å². The number of esters is 1. The fraction of sp³-hybridized carbons (Fsp3) is 0.217. The second-order valence-electron chi connectivity index (χ2n) is 7.11. The van der Waals surface area contributed by atoms with Crippen molar-refractivity contribution in [2.45, 2.75) is 18.7 Å². The number of hydrogen-bond donors (Lipinski definition) is 0. The lowest BCUT2D eigenvalue weighted by molar-refractivity contribution is 0.0474. The summed E-state index contributed by atoms with van der Waals surface area (Å²) in [6.07, 6.45) is 1.08. The van der Waals surface area contributed by atoms with Crippen LogP contribution in [0.2, 0.25) is 0 Å². The molecule has 0 spiro atoms. The van der Waals surface area contributed by atoms with Crippen LogP contribution in [-0.2, 0) is 14.6 Å². The van der Waals surface area contributed by atoms with Gasteiger partial charge in [-0.05, 0) is 68.4 Å². The summed E-state index contributed by atoms with van der Waals surface area (Å²) in [6.45, 7) is 3.30. The number of benzene rings is 2. The molecule has 0 amide bonds. The van der Waals surface area contributed by atoms with Gasteiger partial charge >= 0.3 is 5.97 Å². The van der Waals surface area contributed by atoms with Crippen molar-refractivity contribution in [2.24, 2.45) is 0 Å². The largest absolute Gasteiger partial charge is 0.497 e. The molecule has 0 bridgehead atoms. The molecule has 7 nitrogen and oxygen atoms in total. The average molecular weight is 442 g/mol. The third-order valence-corrected chi connectivity index (χ3v) is 6.04. The molecule has 0 aliphatic heterocycles. The van der Waals surface area contributed by atoms with Crippen molar-refractivity contribution in [1.82, 2.24) is 4.57 Å². The number of methoxy groups -OCH3 is 1. The zero-order chi connectivity index (χ0) is 22.8. The molecule has 1 aromatic heterocycles. The zero-order valence-electron chi connectivity index (χ0n) is 17.7. The first-order valence-corrected chi connectivity index (χ1v) is 11.3. The van der Waals surface area contributed by atoms with E-state index in [0.717, 1.165) is 29.1 Å². The molecule has 0 aliphatic carbocycles. The van der Waals surface area contributed by atoms with Gasteiger partial charge in [0, 0.05) is 28.9 Å². The second-order valence-corrected chi connectivity index (χ2v) is 9.13. The van der Waals surface area contributed by atoms with Gasteiger partial charge in [-0.15, -0.1) is 0 Å². The Morgan fingerprint density at radius 1 is 0.968 bits per heavy atom. The van der Waals surface area contributed by atoms with Gasteiger partial charge < -0.3 is 14.0 Å².